The first-order chi connectivity index (χ1) is 9.33. The summed E-state index contributed by atoms with van der Waals surface area (Å²) >= 11 is 0. The highest BCUT2D eigenvalue weighted by molar-refractivity contribution is 5.97. The predicted molar refractivity (Wildman–Crippen MR) is 68.5 cm³/mol. The molecule has 0 aliphatic heterocycles. The number of hydrogen-bond acceptors (Lipinski definition) is 2. The molecular formula is C14H15F2NO3. The van der Waals surface area contributed by atoms with Crippen molar-refractivity contribution in [1.82, 2.24) is 0 Å². The van der Waals surface area contributed by atoms with Gasteiger partial charge in [0, 0.05) is 11.5 Å². The molecule has 1 aliphatic rings. The summed E-state index contributed by atoms with van der Waals surface area (Å²) in [5.41, 5.74) is -1.55. The summed E-state index contributed by atoms with van der Waals surface area (Å²) in [6.45, 7) is 1.79. The van der Waals surface area contributed by atoms with Gasteiger partial charge in [0.05, 0.1) is 11.3 Å². The van der Waals surface area contributed by atoms with Crippen LogP contribution in [-0.2, 0) is 4.79 Å². The summed E-state index contributed by atoms with van der Waals surface area (Å²) in [5.74, 6) is -4.02. The molecule has 1 fully saturated rings. The lowest BCUT2D eigenvalue weighted by Crippen LogP contribution is -2.31. The third kappa shape index (κ3) is 2.64. The van der Waals surface area contributed by atoms with Crippen molar-refractivity contribution >= 4 is 17.6 Å². The first-order valence-electron chi connectivity index (χ1n) is 6.37. The molecule has 0 unspecified atom stereocenters. The second-order valence-corrected chi connectivity index (χ2v) is 5.34. The van der Waals surface area contributed by atoms with Crippen molar-refractivity contribution in [2.45, 2.75) is 32.6 Å². The Morgan fingerprint density at radius 1 is 1.20 bits per heavy atom. The summed E-state index contributed by atoms with van der Waals surface area (Å²) in [6, 6.07) is 1.28. The standard InChI is InChI=1S/C14H15F2NO3/c1-14(4-2-3-5-14)13(20)17-11-6-8(12(18)19)9(15)7-10(11)16/h6-7H,2-5H2,1H3,(H,17,20)(H,18,19). The van der Waals surface area contributed by atoms with Gasteiger partial charge >= 0.3 is 5.97 Å². The zero-order chi connectivity index (χ0) is 14.9. The van der Waals surface area contributed by atoms with Gasteiger partial charge in [0.25, 0.3) is 0 Å². The number of halogens is 2. The van der Waals surface area contributed by atoms with Crippen LogP contribution in [-0.4, -0.2) is 17.0 Å². The number of rotatable bonds is 3. The van der Waals surface area contributed by atoms with Gasteiger partial charge in [0.15, 0.2) is 0 Å². The molecule has 20 heavy (non-hydrogen) atoms. The number of aromatic carboxylic acids is 1. The lowest BCUT2D eigenvalue weighted by Gasteiger charge is -2.22. The smallest absolute Gasteiger partial charge is 0.338 e. The van der Waals surface area contributed by atoms with Crippen LogP contribution >= 0.6 is 0 Å². The fourth-order valence-electron chi connectivity index (χ4n) is 2.46. The zero-order valence-corrected chi connectivity index (χ0v) is 11.0. The molecule has 0 spiro atoms. The van der Waals surface area contributed by atoms with Crippen molar-refractivity contribution in [2.24, 2.45) is 5.41 Å². The second-order valence-electron chi connectivity index (χ2n) is 5.34. The number of hydrogen-bond donors (Lipinski definition) is 2. The van der Waals surface area contributed by atoms with Crippen LogP contribution in [0.4, 0.5) is 14.5 Å². The van der Waals surface area contributed by atoms with Crippen molar-refractivity contribution in [3.8, 4) is 0 Å². The van der Waals surface area contributed by atoms with E-state index in [4.69, 9.17) is 5.11 Å². The Kier molecular flexibility index (Phi) is 3.74. The van der Waals surface area contributed by atoms with Crippen LogP contribution in [0.15, 0.2) is 12.1 Å². The van der Waals surface area contributed by atoms with Gasteiger partial charge in [0.2, 0.25) is 5.91 Å². The minimum Gasteiger partial charge on any atom is -0.478 e. The van der Waals surface area contributed by atoms with E-state index in [0.717, 1.165) is 18.9 Å². The molecule has 0 bridgehead atoms. The van der Waals surface area contributed by atoms with Crippen molar-refractivity contribution < 1.29 is 23.5 Å². The first kappa shape index (κ1) is 14.4. The maximum atomic E-state index is 13.6. The quantitative estimate of drug-likeness (QED) is 0.895. The van der Waals surface area contributed by atoms with E-state index in [1.165, 1.54) is 0 Å². The Morgan fingerprint density at radius 3 is 2.35 bits per heavy atom. The summed E-state index contributed by atoms with van der Waals surface area (Å²) in [7, 11) is 0. The second kappa shape index (κ2) is 5.19. The van der Waals surface area contributed by atoms with Gasteiger partial charge in [-0.1, -0.05) is 19.8 Å². The number of anilines is 1. The van der Waals surface area contributed by atoms with Gasteiger partial charge in [-0.3, -0.25) is 4.79 Å². The largest absolute Gasteiger partial charge is 0.478 e. The maximum absolute atomic E-state index is 13.6. The topological polar surface area (TPSA) is 66.4 Å². The zero-order valence-electron chi connectivity index (χ0n) is 11.0. The molecule has 4 nitrogen and oxygen atoms in total. The number of carboxylic acid groups (broad SMARTS) is 1. The molecule has 2 rings (SSSR count). The Balaban J connectivity index is 2.27. The third-order valence-corrected chi connectivity index (χ3v) is 3.79. The van der Waals surface area contributed by atoms with Gasteiger partial charge in [-0.2, -0.15) is 0 Å². The number of carbonyl (C=O) groups is 2. The summed E-state index contributed by atoms with van der Waals surface area (Å²) < 4.78 is 26.9. The number of carboxylic acids is 1. The molecule has 1 aromatic carbocycles. The molecule has 1 aromatic rings. The van der Waals surface area contributed by atoms with Crippen molar-refractivity contribution in [3.05, 3.63) is 29.3 Å². The molecule has 6 heteroatoms. The number of amides is 1. The molecular weight excluding hydrogens is 268 g/mol. The van der Waals surface area contributed by atoms with E-state index in [1.54, 1.807) is 6.92 Å². The third-order valence-electron chi connectivity index (χ3n) is 3.79. The highest BCUT2D eigenvalue weighted by Gasteiger charge is 2.36. The molecule has 1 amide bonds. The fourth-order valence-corrected chi connectivity index (χ4v) is 2.46. The number of nitrogens with one attached hydrogen (secondary N) is 1. The van der Waals surface area contributed by atoms with Crippen LogP contribution in [0.25, 0.3) is 0 Å². The van der Waals surface area contributed by atoms with E-state index in [9.17, 15) is 18.4 Å². The summed E-state index contributed by atoms with van der Waals surface area (Å²) in [5, 5.41) is 11.2. The van der Waals surface area contributed by atoms with Crippen LogP contribution in [0.1, 0.15) is 43.0 Å². The lowest BCUT2D eigenvalue weighted by atomic mass is 9.88. The lowest BCUT2D eigenvalue weighted by molar-refractivity contribution is -0.124. The first-order valence-corrected chi connectivity index (χ1v) is 6.37. The normalized spacial score (nSPS) is 16.9. The van der Waals surface area contributed by atoms with Gasteiger partial charge in [-0.15, -0.1) is 0 Å². The Morgan fingerprint density at radius 2 is 1.80 bits per heavy atom. The molecule has 0 saturated heterocycles. The van der Waals surface area contributed by atoms with E-state index in [0.29, 0.717) is 18.9 Å². The van der Waals surface area contributed by atoms with E-state index >= 15 is 0 Å². The van der Waals surface area contributed by atoms with Crippen molar-refractivity contribution in [1.29, 1.82) is 0 Å². The maximum Gasteiger partial charge on any atom is 0.338 e. The summed E-state index contributed by atoms with van der Waals surface area (Å²) in [4.78, 5) is 23.0. The average Bonchev–Trinajstić information content (AvgIpc) is 2.80. The molecule has 0 heterocycles. The van der Waals surface area contributed by atoms with E-state index < -0.39 is 28.6 Å². The molecule has 0 radical (unpaired) electrons. The SMILES string of the molecule is CC1(C(=O)Nc2cc(C(=O)O)c(F)cc2F)CCCC1. The van der Waals surface area contributed by atoms with Crippen LogP contribution in [0, 0.1) is 17.0 Å². The molecule has 2 N–H and O–H groups in total. The van der Waals surface area contributed by atoms with Crippen LogP contribution in [0.2, 0.25) is 0 Å². The monoisotopic (exact) mass is 283 g/mol. The van der Waals surface area contributed by atoms with Crippen molar-refractivity contribution in [2.75, 3.05) is 5.32 Å². The van der Waals surface area contributed by atoms with E-state index in [1.807, 2.05) is 0 Å². The molecule has 108 valence electrons. The highest BCUT2D eigenvalue weighted by Crippen LogP contribution is 2.38. The van der Waals surface area contributed by atoms with E-state index in [-0.39, 0.29) is 11.6 Å². The molecule has 1 saturated carbocycles. The Bertz CT molecular complexity index is 566. The Labute approximate surface area is 114 Å². The van der Waals surface area contributed by atoms with Gasteiger partial charge in [-0.25, -0.2) is 13.6 Å². The van der Waals surface area contributed by atoms with E-state index in [2.05, 4.69) is 5.32 Å². The molecule has 1 aliphatic carbocycles. The van der Waals surface area contributed by atoms with Gasteiger partial charge < -0.3 is 10.4 Å². The average molecular weight is 283 g/mol. The number of benzene rings is 1. The molecule has 0 atom stereocenters. The molecule has 0 aromatic heterocycles. The minimum atomic E-state index is -1.51. The van der Waals surface area contributed by atoms with Gasteiger partial charge in [-0.05, 0) is 18.9 Å². The Hall–Kier alpha value is -1.98. The number of carbonyl (C=O) groups excluding carboxylic acids is 1. The van der Waals surface area contributed by atoms with Crippen LogP contribution < -0.4 is 5.32 Å². The van der Waals surface area contributed by atoms with Crippen LogP contribution in [0.3, 0.4) is 0 Å². The summed E-state index contributed by atoms with van der Waals surface area (Å²) in [6.07, 6.45) is 3.26. The highest BCUT2D eigenvalue weighted by atomic mass is 19.1. The van der Waals surface area contributed by atoms with Crippen molar-refractivity contribution in [3.63, 3.8) is 0 Å². The predicted octanol–water partition coefficient (Wildman–Crippen LogP) is 3.18. The fraction of sp³-hybridized carbons (Fsp3) is 0.429. The minimum absolute atomic E-state index is 0.304. The van der Waals surface area contributed by atoms with Crippen LogP contribution in [0.5, 0.6) is 0 Å². The van der Waals surface area contributed by atoms with Gasteiger partial charge in [0.1, 0.15) is 11.6 Å².